The average molecular weight is 336 g/mol. The molecule has 0 saturated carbocycles. The van der Waals surface area contributed by atoms with Crippen molar-refractivity contribution in [2.24, 2.45) is 0 Å². The number of imide groups is 1. The fourth-order valence-electron chi connectivity index (χ4n) is 2.93. The Kier molecular flexibility index (Phi) is 4.54. The van der Waals surface area contributed by atoms with Crippen LogP contribution in [0.5, 0.6) is 0 Å². The highest BCUT2D eigenvalue weighted by Gasteiger charge is 2.31. The number of nitrogens with one attached hydrogen (secondary N) is 1. The normalized spacial score (nSPS) is 17.9. The van der Waals surface area contributed by atoms with E-state index in [0.717, 1.165) is 36.5 Å². The molecule has 3 rings (SSSR count). The second kappa shape index (κ2) is 6.60. The lowest BCUT2D eigenvalue weighted by Crippen LogP contribution is -2.34. The standard InChI is InChI=1S/C16H18ClN3O3/c17-11-4-3-5-12(15(11)19-6-1-2-7-19)18-13-10-14(22)20(8-9-21)16(13)23/h3-5,10,18,21H,1-2,6-9H2. The van der Waals surface area contributed by atoms with Gasteiger partial charge in [-0.15, -0.1) is 0 Å². The van der Waals surface area contributed by atoms with Crippen LogP contribution in [-0.2, 0) is 9.59 Å². The molecule has 2 aliphatic heterocycles. The van der Waals surface area contributed by atoms with E-state index in [-0.39, 0.29) is 18.8 Å². The summed E-state index contributed by atoms with van der Waals surface area (Å²) in [6, 6.07) is 5.46. The molecule has 2 amide bonds. The molecular weight excluding hydrogens is 318 g/mol. The smallest absolute Gasteiger partial charge is 0.277 e. The molecule has 7 heteroatoms. The van der Waals surface area contributed by atoms with Crippen LogP contribution < -0.4 is 10.2 Å². The summed E-state index contributed by atoms with van der Waals surface area (Å²) in [5.74, 6) is -0.854. The molecule has 6 nitrogen and oxygen atoms in total. The largest absolute Gasteiger partial charge is 0.395 e. The summed E-state index contributed by atoms with van der Waals surface area (Å²) in [6.45, 7) is 1.57. The van der Waals surface area contributed by atoms with Crippen LogP contribution in [0.15, 0.2) is 30.0 Å². The van der Waals surface area contributed by atoms with Gasteiger partial charge in [0.1, 0.15) is 5.70 Å². The molecule has 1 fully saturated rings. The van der Waals surface area contributed by atoms with Crippen molar-refractivity contribution >= 4 is 34.8 Å². The Morgan fingerprint density at radius 3 is 2.65 bits per heavy atom. The number of halogens is 1. The highest BCUT2D eigenvalue weighted by Crippen LogP contribution is 2.37. The molecular formula is C16H18ClN3O3. The number of anilines is 2. The summed E-state index contributed by atoms with van der Waals surface area (Å²) in [6.07, 6.45) is 3.47. The molecule has 0 atom stereocenters. The van der Waals surface area contributed by atoms with Gasteiger partial charge in [-0.2, -0.15) is 0 Å². The van der Waals surface area contributed by atoms with Crippen LogP contribution in [0.3, 0.4) is 0 Å². The quantitative estimate of drug-likeness (QED) is 0.800. The number of benzene rings is 1. The molecule has 122 valence electrons. The Hall–Kier alpha value is -2.05. The van der Waals surface area contributed by atoms with Gasteiger partial charge in [0, 0.05) is 19.2 Å². The van der Waals surface area contributed by atoms with Crippen molar-refractivity contribution < 1.29 is 14.7 Å². The third-order valence-electron chi connectivity index (χ3n) is 4.01. The molecule has 1 aromatic carbocycles. The van der Waals surface area contributed by atoms with Gasteiger partial charge in [0.15, 0.2) is 0 Å². The minimum absolute atomic E-state index is 0.00608. The number of carbonyl (C=O) groups is 2. The van der Waals surface area contributed by atoms with Crippen molar-refractivity contribution in [3.63, 3.8) is 0 Å². The number of β-amino-alcohol motifs (C(OH)–C–C–N with tert-alkyl or cyclic N) is 1. The van der Waals surface area contributed by atoms with Crippen LogP contribution in [0.1, 0.15) is 12.8 Å². The van der Waals surface area contributed by atoms with Crippen molar-refractivity contribution in [1.82, 2.24) is 4.90 Å². The summed E-state index contributed by atoms with van der Waals surface area (Å²) in [4.78, 5) is 27.3. The fourth-order valence-corrected chi connectivity index (χ4v) is 3.23. The zero-order valence-electron chi connectivity index (χ0n) is 12.6. The van der Waals surface area contributed by atoms with Crippen molar-refractivity contribution in [3.8, 4) is 0 Å². The first-order valence-electron chi connectivity index (χ1n) is 7.60. The first-order valence-corrected chi connectivity index (χ1v) is 7.98. The lowest BCUT2D eigenvalue weighted by Gasteiger charge is -2.23. The van der Waals surface area contributed by atoms with Crippen LogP contribution in [0, 0.1) is 0 Å². The number of aliphatic hydroxyl groups is 1. The molecule has 2 N–H and O–H groups in total. The molecule has 0 aliphatic carbocycles. The van der Waals surface area contributed by atoms with Crippen molar-refractivity contribution in [2.75, 3.05) is 36.5 Å². The minimum atomic E-state index is -0.434. The number of hydrogen-bond acceptors (Lipinski definition) is 5. The third kappa shape index (κ3) is 3.04. The monoisotopic (exact) mass is 335 g/mol. The molecule has 2 aliphatic rings. The van der Waals surface area contributed by atoms with Gasteiger partial charge in [-0.1, -0.05) is 17.7 Å². The van der Waals surface area contributed by atoms with Crippen molar-refractivity contribution in [1.29, 1.82) is 0 Å². The summed E-state index contributed by atoms with van der Waals surface area (Å²) >= 11 is 6.34. The number of nitrogens with zero attached hydrogens (tertiary/aromatic N) is 2. The van der Waals surface area contributed by atoms with Gasteiger partial charge in [-0.3, -0.25) is 14.5 Å². The van der Waals surface area contributed by atoms with E-state index in [0.29, 0.717) is 10.7 Å². The number of amides is 2. The summed E-state index contributed by atoms with van der Waals surface area (Å²) in [7, 11) is 0. The van der Waals surface area contributed by atoms with Gasteiger partial charge >= 0.3 is 0 Å². The summed E-state index contributed by atoms with van der Waals surface area (Å²) < 4.78 is 0. The number of hydrogen-bond donors (Lipinski definition) is 2. The van der Waals surface area contributed by atoms with E-state index in [9.17, 15) is 9.59 Å². The molecule has 0 radical (unpaired) electrons. The second-order valence-electron chi connectivity index (χ2n) is 5.53. The Morgan fingerprint density at radius 1 is 1.22 bits per heavy atom. The SMILES string of the molecule is O=C1C=C(Nc2cccc(Cl)c2N2CCCC2)C(=O)N1CCO. The van der Waals surface area contributed by atoms with E-state index in [2.05, 4.69) is 10.2 Å². The predicted octanol–water partition coefficient (Wildman–Crippen LogP) is 1.60. The van der Waals surface area contributed by atoms with Gasteiger partial charge in [0.2, 0.25) is 0 Å². The summed E-state index contributed by atoms with van der Waals surface area (Å²) in [5, 5.41) is 12.6. The molecule has 1 saturated heterocycles. The van der Waals surface area contributed by atoms with Crippen LogP contribution in [0.4, 0.5) is 11.4 Å². The van der Waals surface area contributed by atoms with Crippen LogP contribution in [0.25, 0.3) is 0 Å². The number of aliphatic hydroxyl groups excluding tert-OH is 1. The van der Waals surface area contributed by atoms with Crippen molar-refractivity contribution in [3.05, 3.63) is 35.0 Å². The molecule has 1 aromatic rings. The first-order chi connectivity index (χ1) is 11.1. The van der Waals surface area contributed by atoms with Gasteiger partial charge < -0.3 is 15.3 Å². The number of carbonyl (C=O) groups excluding carboxylic acids is 2. The van der Waals surface area contributed by atoms with Gasteiger partial charge in [-0.05, 0) is 25.0 Å². The van der Waals surface area contributed by atoms with E-state index >= 15 is 0 Å². The Morgan fingerprint density at radius 2 is 1.96 bits per heavy atom. The summed E-state index contributed by atoms with van der Waals surface area (Å²) in [5.41, 5.74) is 1.76. The topological polar surface area (TPSA) is 72.9 Å². The molecule has 0 unspecified atom stereocenters. The van der Waals surface area contributed by atoms with E-state index in [1.165, 1.54) is 6.08 Å². The predicted molar refractivity (Wildman–Crippen MR) is 88.4 cm³/mol. The molecule has 0 aromatic heterocycles. The number of para-hydroxylation sites is 1. The van der Waals surface area contributed by atoms with E-state index in [4.69, 9.17) is 16.7 Å². The molecule has 0 bridgehead atoms. The minimum Gasteiger partial charge on any atom is -0.395 e. The molecule has 2 heterocycles. The maximum Gasteiger partial charge on any atom is 0.277 e. The third-order valence-corrected chi connectivity index (χ3v) is 4.32. The maximum atomic E-state index is 12.2. The lowest BCUT2D eigenvalue weighted by atomic mass is 10.2. The highest BCUT2D eigenvalue weighted by molar-refractivity contribution is 6.34. The molecule has 23 heavy (non-hydrogen) atoms. The van der Waals surface area contributed by atoms with Gasteiger partial charge in [0.05, 0.1) is 29.5 Å². The van der Waals surface area contributed by atoms with Gasteiger partial charge in [0.25, 0.3) is 11.8 Å². The number of rotatable bonds is 5. The Balaban J connectivity index is 1.86. The fraction of sp³-hybridized carbons (Fsp3) is 0.375. The van der Waals surface area contributed by atoms with Gasteiger partial charge in [-0.25, -0.2) is 0 Å². The van der Waals surface area contributed by atoms with Crippen LogP contribution in [-0.4, -0.2) is 48.1 Å². The van der Waals surface area contributed by atoms with E-state index in [1.54, 1.807) is 6.07 Å². The Bertz CT molecular complexity index is 669. The zero-order valence-corrected chi connectivity index (χ0v) is 13.3. The van der Waals surface area contributed by atoms with E-state index in [1.807, 2.05) is 12.1 Å². The Labute approximate surface area is 139 Å². The average Bonchev–Trinajstić information content (AvgIpc) is 3.12. The van der Waals surface area contributed by atoms with Crippen LogP contribution in [0.2, 0.25) is 5.02 Å². The van der Waals surface area contributed by atoms with Crippen LogP contribution >= 0.6 is 11.6 Å². The highest BCUT2D eigenvalue weighted by atomic mass is 35.5. The van der Waals surface area contributed by atoms with Crippen molar-refractivity contribution in [2.45, 2.75) is 12.8 Å². The zero-order chi connectivity index (χ0) is 16.4. The first kappa shape index (κ1) is 15.8. The second-order valence-corrected chi connectivity index (χ2v) is 5.94. The van der Waals surface area contributed by atoms with E-state index < -0.39 is 11.8 Å². The molecule has 0 spiro atoms. The maximum absolute atomic E-state index is 12.2. The lowest BCUT2D eigenvalue weighted by molar-refractivity contribution is -0.137.